The topological polar surface area (TPSA) is 24.7 Å². The van der Waals surface area contributed by atoms with Gasteiger partial charge in [-0.3, -0.25) is 0 Å². The zero-order valence-electron chi connectivity index (χ0n) is 16.0. The average Bonchev–Trinajstić information content (AvgIpc) is 2.77. The number of halogens is 2. The van der Waals surface area contributed by atoms with Crippen molar-refractivity contribution in [3.63, 3.8) is 0 Å². The molecule has 4 atom stereocenters. The average molecular weight is 358 g/mol. The largest absolute Gasteiger partial charge is 0.207 e. The summed E-state index contributed by atoms with van der Waals surface area (Å²) in [7, 11) is 0. The van der Waals surface area contributed by atoms with Crippen LogP contribution in [0.3, 0.4) is 0 Å². The van der Waals surface area contributed by atoms with Crippen molar-refractivity contribution in [1.29, 1.82) is 0 Å². The van der Waals surface area contributed by atoms with E-state index in [1.165, 1.54) is 23.3 Å². The normalized spacial score (nSPS) is 28.9. The maximum atomic E-state index is 13.8. The first-order chi connectivity index (χ1) is 12.4. The minimum Gasteiger partial charge on any atom is -0.207 e. The van der Waals surface area contributed by atoms with Crippen molar-refractivity contribution in [2.75, 3.05) is 0 Å². The number of azo groups is 1. The van der Waals surface area contributed by atoms with Crippen LogP contribution in [0.15, 0.2) is 51.7 Å². The van der Waals surface area contributed by atoms with Crippen molar-refractivity contribution < 1.29 is 8.78 Å². The first-order valence-corrected chi connectivity index (χ1v) is 9.68. The Morgan fingerprint density at radius 3 is 2.62 bits per heavy atom. The Balaban J connectivity index is 1.87. The van der Waals surface area contributed by atoms with E-state index in [-0.39, 0.29) is 11.7 Å². The number of allylic oxidation sites excluding steroid dienone is 3. The van der Waals surface area contributed by atoms with E-state index in [0.29, 0.717) is 23.7 Å². The van der Waals surface area contributed by atoms with Gasteiger partial charge in [-0.15, -0.1) is 0 Å². The van der Waals surface area contributed by atoms with Crippen LogP contribution in [-0.2, 0) is 0 Å². The molecule has 3 rings (SSSR count). The summed E-state index contributed by atoms with van der Waals surface area (Å²) < 4.78 is 26.9. The second-order valence-corrected chi connectivity index (χ2v) is 7.99. The summed E-state index contributed by atoms with van der Waals surface area (Å²) >= 11 is 0. The second-order valence-electron chi connectivity index (χ2n) is 7.99. The van der Waals surface area contributed by atoms with Gasteiger partial charge in [0, 0.05) is 12.0 Å². The lowest BCUT2D eigenvalue weighted by Gasteiger charge is -2.19. The van der Waals surface area contributed by atoms with Gasteiger partial charge in [-0.1, -0.05) is 45.4 Å². The van der Waals surface area contributed by atoms with Gasteiger partial charge < -0.3 is 0 Å². The molecule has 0 aromatic heterocycles. The lowest BCUT2D eigenvalue weighted by Crippen LogP contribution is -2.15. The number of hydrogen-bond donors (Lipinski definition) is 0. The molecule has 0 N–H and O–H groups in total. The number of fused-ring (bicyclic) bond motifs is 1. The van der Waals surface area contributed by atoms with E-state index in [2.05, 4.69) is 50.1 Å². The molecular formula is C22H28F2N2. The summed E-state index contributed by atoms with van der Waals surface area (Å²) in [5, 5.41) is 8.63. The molecule has 26 heavy (non-hydrogen) atoms. The summed E-state index contributed by atoms with van der Waals surface area (Å²) in [4.78, 5) is 0. The molecule has 1 saturated carbocycles. The molecule has 3 unspecified atom stereocenters. The minimum absolute atomic E-state index is 0.0645. The summed E-state index contributed by atoms with van der Waals surface area (Å²) in [5.74, 6) is 0.609. The SMILES string of the molecule is CCC1C=C(C(C)C)C=C2C(C)CC(N=Nc3ccc(F)cc3F)[C@H]2C1. The van der Waals surface area contributed by atoms with Crippen LogP contribution in [0.25, 0.3) is 0 Å². The number of hydrogen-bond acceptors (Lipinski definition) is 2. The Morgan fingerprint density at radius 2 is 1.96 bits per heavy atom. The molecule has 1 fully saturated rings. The van der Waals surface area contributed by atoms with Gasteiger partial charge in [-0.25, -0.2) is 8.78 Å². The molecule has 0 saturated heterocycles. The highest BCUT2D eigenvalue weighted by Gasteiger charge is 2.39. The Hall–Kier alpha value is -1.84. The monoisotopic (exact) mass is 358 g/mol. The van der Waals surface area contributed by atoms with Crippen LogP contribution in [0.2, 0.25) is 0 Å². The van der Waals surface area contributed by atoms with Gasteiger partial charge in [-0.05, 0) is 54.7 Å². The van der Waals surface area contributed by atoms with Crippen molar-refractivity contribution in [1.82, 2.24) is 0 Å². The van der Waals surface area contributed by atoms with Gasteiger partial charge >= 0.3 is 0 Å². The van der Waals surface area contributed by atoms with Crippen LogP contribution >= 0.6 is 0 Å². The van der Waals surface area contributed by atoms with Gasteiger partial charge in [-0.2, -0.15) is 10.2 Å². The highest BCUT2D eigenvalue weighted by Crippen LogP contribution is 2.45. The fourth-order valence-corrected chi connectivity index (χ4v) is 4.17. The molecule has 0 amide bonds. The highest BCUT2D eigenvalue weighted by molar-refractivity contribution is 5.38. The second kappa shape index (κ2) is 7.81. The molecule has 1 aromatic carbocycles. The summed E-state index contributed by atoms with van der Waals surface area (Å²) in [6.07, 6.45) is 7.92. The molecule has 4 heteroatoms. The third-order valence-corrected chi connectivity index (χ3v) is 5.79. The molecule has 0 spiro atoms. The molecule has 0 aliphatic heterocycles. The Bertz CT molecular complexity index is 749. The third kappa shape index (κ3) is 3.94. The van der Waals surface area contributed by atoms with Gasteiger partial charge in [0.15, 0.2) is 5.82 Å². The van der Waals surface area contributed by atoms with E-state index < -0.39 is 11.6 Å². The van der Waals surface area contributed by atoms with Crippen molar-refractivity contribution in [3.05, 3.63) is 53.1 Å². The quantitative estimate of drug-likeness (QED) is 0.517. The summed E-state index contributed by atoms with van der Waals surface area (Å²) in [6.45, 7) is 8.96. The minimum atomic E-state index is -0.661. The van der Waals surface area contributed by atoms with E-state index in [0.717, 1.165) is 25.3 Å². The van der Waals surface area contributed by atoms with Crippen molar-refractivity contribution >= 4 is 5.69 Å². The molecule has 2 aliphatic rings. The van der Waals surface area contributed by atoms with Crippen molar-refractivity contribution in [3.8, 4) is 0 Å². The molecule has 0 heterocycles. The number of rotatable bonds is 4. The molecule has 140 valence electrons. The summed E-state index contributed by atoms with van der Waals surface area (Å²) in [6, 6.07) is 3.49. The van der Waals surface area contributed by atoms with E-state index in [1.807, 2.05) is 0 Å². The first-order valence-electron chi connectivity index (χ1n) is 9.68. The molecule has 1 aromatic rings. The summed E-state index contributed by atoms with van der Waals surface area (Å²) in [5.41, 5.74) is 2.99. The van der Waals surface area contributed by atoms with Gasteiger partial charge in [0.05, 0.1) is 6.04 Å². The first kappa shape index (κ1) is 18.9. The van der Waals surface area contributed by atoms with Crippen LogP contribution in [0.1, 0.15) is 47.0 Å². The lowest BCUT2D eigenvalue weighted by molar-refractivity contribution is 0.417. The Labute approximate surface area is 155 Å². The molecule has 2 aliphatic carbocycles. The predicted octanol–water partition coefficient (Wildman–Crippen LogP) is 7.01. The molecule has 0 bridgehead atoms. The van der Waals surface area contributed by atoms with Crippen LogP contribution in [0, 0.1) is 35.3 Å². The van der Waals surface area contributed by atoms with Crippen LogP contribution in [0.5, 0.6) is 0 Å². The van der Waals surface area contributed by atoms with Crippen LogP contribution in [0.4, 0.5) is 14.5 Å². The Kier molecular flexibility index (Phi) is 5.69. The molecule has 2 nitrogen and oxygen atoms in total. The van der Waals surface area contributed by atoms with Crippen molar-refractivity contribution in [2.24, 2.45) is 33.9 Å². The maximum absolute atomic E-state index is 13.8. The van der Waals surface area contributed by atoms with E-state index >= 15 is 0 Å². The lowest BCUT2D eigenvalue weighted by atomic mass is 9.88. The smallest absolute Gasteiger partial charge is 0.153 e. The number of benzene rings is 1. The molecular weight excluding hydrogens is 330 g/mol. The third-order valence-electron chi connectivity index (χ3n) is 5.79. The van der Waals surface area contributed by atoms with Crippen molar-refractivity contribution in [2.45, 2.75) is 53.0 Å². The van der Waals surface area contributed by atoms with Crippen LogP contribution < -0.4 is 0 Å². The van der Waals surface area contributed by atoms with E-state index in [9.17, 15) is 8.78 Å². The van der Waals surface area contributed by atoms with Gasteiger partial charge in [0.25, 0.3) is 0 Å². The van der Waals surface area contributed by atoms with Crippen LogP contribution in [-0.4, -0.2) is 6.04 Å². The molecule has 0 radical (unpaired) electrons. The van der Waals surface area contributed by atoms with E-state index in [1.54, 1.807) is 0 Å². The maximum Gasteiger partial charge on any atom is 0.153 e. The standard InChI is InChI=1S/C22H28F2N2/c1-5-15-9-16(13(2)3)11-18-14(4)8-22(19(18)10-15)26-25-21-7-6-17(23)12-20(21)24/h6-7,9,11-15,19,22H,5,8,10H2,1-4H3/t14?,15?,19-,22?/m0/s1. The van der Waals surface area contributed by atoms with Gasteiger partial charge in [0.2, 0.25) is 0 Å². The fraction of sp³-hybridized carbons (Fsp3) is 0.545. The highest BCUT2D eigenvalue weighted by atomic mass is 19.1. The predicted molar refractivity (Wildman–Crippen MR) is 101 cm³/mol. The zero-order chi connectivity index (χ0) is 18.8. The fourth-order valence-electron chi connectivity index (χ4n) is 4.17. The zero-order valence-corrected chi connectivity index (χ0v) is 16.0. The number of nitrogens with zero attached hydrogens (tertiary/aromatic N) is 2. The Morgan fingerprint density at radius 1 is 1.19 bits per heavy atom. The van der Waals surface area contributed by atoms with E-state index in [4.69, 9.17) is 0 Å². The van der Waals surface area contributed by atoms with Gasteiger partial charge in [0.1, 0.15) is 11.5 Å².